The Bertz CT molecular complexity index is 1140. The van der Waals surface area contributed by atoms with Gasteiger partial charge in [-0.15, -0.1) is 0 Å². The molecule has 65 heavy (non-hydrogen) atoms. The van der Waals surface area contributed by atoms with Gasteiger partial charge in [0.15, 0.2) is 6.10 Å². The van der Waals surface area contributed by atoms with Crippen molar-refractivity contribution < 1.29 is 28.6 Å². The molecule has 0 aromatic heterocycles. The maximum absolute atomic E-state index is 12.8. The molecule has 0 fully saturated rings. The molecular weight excluding hydrogens is 805 g/mol. The van der Waals surface area contributed by atoms with Gasteiger partial charge in [0, 0.05) is 19.3 Å². The van der Waals surface area contributed by atoms with Gasteiger partial charge in [-0.2, -0.15) is 0 Å². The van der Waals surface area contributed by atoms with E-state index in [1.54, 1.807) is 0 Å². The summed E-state index contributed by atoms with van der Waals surface area (Å²) in [5.74, 6) is -0.910. The third-order valence-corrected chi connectivity index (χ3v) is 12.3. The Morgan fingerprint density at radius 2 is 0.600 bits per heavy atom. The second-order valence-corrected chi connectivity index (χ2v) is 18.8. The normalized spacial score (nSPS) is 12.4. The highest BCUT2D eigenvalue weighted by molar-refractivity contribution is 5.71. The van der Waals surface area contributed by atoms with Crippen LogP contribution in [-0.2, 0) is 28.6 Å². The number of carbonyl (C=O) groups is 3. The number of unbranched alkanes of at least 4 members (excludes halogenated alkanes) is 32. The highest BCUT2D eigenvalue weighted by atomic mass is 16.6. The lowest BCUT2D eigenvalue weighted by atomic mass is 10.0. The van der Waals surface area contributed by atoms with Crippen molar-refractivity contribution in [1.82, 2.24) is 0 Å². The number of allylic oxidation sites excluding steroid dienone is 8. The first-order valence-corrected chi connectivity index (χ1v) is 28.1. The van der Waals surface area contributed by atoms with Crippen molar-refractivity contribution >= 4 is 17.9 Å². The average Bonchev–Trinajstić information content (AvgIpc) is 3.30. The summed E-state index contributed by atoms with van der Waals surface area (Å²) in [7, 11) is 0. The minimum atomic E-state index is -0.786. The lowest BCUT2D eigenvalue weighted by Crippen LogP contribution is -2.30. The maximum Gasteiger partial charge on any atom is 0.306 e. The third kappa shape index (κ3) is 52.2. The molecular formula is C59H106O6. The number of hydrogen-bond acceptors (Lipinski definition) is 6. The van der Waals surface area contributed by atoms with Crippen LogP contribution < -0.4 is 0 Å². The summed E-state index contributed by atoms with van der Waals surface area (Å²) >= 11 is 0. The average molecular weight is 911 g/mol. The Balaban J connectivity index is 4.33. The molecule has 0 aromatic rings. The Kier molecular flexibility index (Phi) is 51.8. The van der Waals surface area contributed by atoms with Crippen molar-refractivity contribution in [3.8, 4) is 0 Å². The fraction of sp³-hybridized carbons (Fsp3) is 0.814. The lowest BCUT2D eigenvalue weighted by Gasteiger charge is -2.18. The van der Waals surface area contributed by atoms with Crippen molar-refractivity contribution in [2.45, 2.75) is 297 Å². The molecule has 1 unspecified atom stereocenters. The van der Waals surface area contributed by atoms with Gasteiger partial charge in [0.25, 0.3) is 0 Å². The van der Waals surface area contributed by atoms with E-state index < -0.39 is 6.10 Å². The molecule has 0 rings (SSSR count). The summed E-state index contributed by atoms with van der Waals surface area (Å²) in [6, 6.07) is 0. The molecule has 0 aliphatic rings. The summed E-state index contributed by atoms with van der Waals surface area (Å²) in [6.45, 7) is 6.51. The summed E-state index contributed by atoms with van der Waals surface area (Å²) in [5, 5.41) is 0. The molecule has 0 bridgehead atoms. The Morgan fingerprint density at radius 3 is 0.969 bits per heavy atom. The molecule has 1 atom stereocenters. The standard InChI is InChI=1S/C59H106O6/c1-4-7-10-13-16-19-22-25-27-28-29-30-31-32-35-37-40-43-46-49-52-58(61)64-55-56(54-63-57(60)51-48-45-42-39-36-33-24-21-18-15-12-9-6-3)65-59(62)53-50-47-44-41-38-34-26-23-20-17-14-11-8-5-2/h9,12,18,21,23,26,33,36,56H,4-8,10-11,13-17,19-20,22,24-25,27-32,34-35,37-55H2,1-3H3/b12-9-,21-18-,26-23-,36-33-. The Hall–Kier alpha value is -2.63. The minimum absolute atomic E-state index is 0.0831. The molecule has 0 saturated heterocycles. The van der Waals surface area contributed by atoms with Crippen LogP contribution in [-0.4, -0.2) is 37.2 Å². The summed E-state index contributed by atoms with van der Waals surface area (Å²) < 4.78 is 16.8. The molecule has 0 N–H and O–H groups in total. The highest BCUT2D eigenvalue weighted by Crippen LogP contribution is 2.16. The molecule has 378 valence electrons. The molecule has 0 aliphatic heterocycles. The van der Waals surface area contributed by atoms with E-state index >= 15 is 0 Å². The Labute approximate surface area is 403 Å². The van der Waals surface area contributed by atoms with Crippen LogP contribution >= 0.6 is 0 Å². The fourth-order valence-corrected chi connectivity index (χ4v) is 8.10. The van der Waals surface area contributed by atoms with Crippen LogP contribution in [0.15, 0.2) is 48.6 Å². The van der Waals surface area contributed by atoms with Crippen molar-refractivity contribution in [2.24, 2.45) is 0 Å². The molecule has 0 aliphatic carbocycles. The SMILES string of the molecule is CC/C=C\C/C=C\C/C=C\CCCCCC(=O)OCC(COC(=O)CCCCCCCCCCCCCCCCCCCCCC)OC(=O)CCCCCCC/C=C\CCCCCCC. The van der Waals surface area contributed by atoms with Gasteiger partial charge in [0.05, 0.1) is 0 Å². The zero-order valence-electron chi connectivity index (χ0n) is 43.3. The van der Waals surface area contributed by atoms with Gasteiger partial charge in [-0.3, -0.25) is 14.4 Å². The van der Waals surface area contributed by atoms with E-state index in [1.807, 2.05) is 0 Å². The van der Waals surface area contributed by atoms with Crippen LogP contribution in [0.3, 0.4) is 0 Å². The summed E-state index contributed by atoms with van der Waals surface area (Å²) in [4.78, 5) is 38.1. The molecule has 0 heterocycles. The van der Waals surface area contributed by atoms with E-state index in [-0.39, 0.29) is 31.1 Å². The molecule has 0 amide bonds. The smallest absolute Gasteiger partial charge is 0.306 e. The summed E-state index contributed by atoms with van der Waals surface area (Å²) in [5.41, 5.74) is 0. The van der Waals surface area contributed by atoms with Crippen LogP contribution in [0.1, 0.15) is 290 Å². The molecule has 0 spiro atoms. The zero-order chi connectivity index (χ0) is 47.2. The number of ether oxygens (including phenoxy) is 3. The lowest BCUT2D eigenvalue weighted by molar-refractivity contribution is -0.167. The van der Waals surface area contributed by atoms with Crippen LogP contribution in [0.25, 0.3) is 0 Å². The van der Waals surface area contributed by atoms with Crippen LogP contribution in [0, 0.1) is 0 Å². The van der Waals surface area contributed by atoms with Crippen LogP contribution in [0.5, 0.6) is 0 Å². The third-order valence-electron chi connectivity index (χ3n) is 12.3. The van der Waals surface area contributed by atoms with Crippen molar-refractivity contribution in [3.63, 3.8) is 0 Å². The quantitative estimate of drug-likeness (QED) is 0.0262. The van der Waals surface area contributed by atoms with Crippen molar-refractivity contribution in [1.29, 1.82) is 0 Å². The van der Waals surface area contributed by atoms with Gasteiger partial charge in [-0.05, 0) is 77.0 Å². The van der Waals surface area contributed by atoms with E-state index in [4.69, 9.17) is 14.2 Å². The number of carbonyl (C=O) groups excluding carboxylic acids is 3. The monoisotopic (exact) mass is 911 g/mol. The largest absolute Gasteiger partial charge is 0.462 e. The van der Waals surface area contributed by atoms with E-state index in [2.05, 4.69) is 69.4 Å². The molecule has 0 aromatic carbocycles. The maximum atomic E-state index is 12.8. The predicted octanol–water partition coefficient (Wildman–Crippen LogP) is 18.7. The number of hydrogen-bond donors (Lipinski definition) is 0. The van der Waals surface area contributed by atoms with Crippen LogP contribution in [0.2, 0.25) is 0 Å². The first kappa shape index (κ1) is 62.4. The van der Waals surface area contributed by atoms with Gasteiger partial charge in [0.1, 0.15) is 13.2 Å². The van der Waals surface area contributed by atoms with E-state index in [9.17, 15) is 14.4 Å². The fourth-order valence-electron chi connectivity index (χ4n) is 8.10. The second kappa shape index (κ2) is 54.0. The van der Waals surface area contributed by atoms with E-state index in [1.165, 1.54) is 154 Å². The zero-order valence-corrected chi connectivity index (χ0v) is 43.3. The van der Waals surface area contributed by atoms with Crippen molar-refractivity contribution in [2.75, 3.05) is 13.2 Å². The van der Waals surface area contributed by atoms with Gasteiger partial charge in [0.2, 0.25) is 0 Å². The molecule has 6 heteroatoms. The van der Waals surface area contributed by atoms with E-state index in [0.717, 1.165) is 96.3 Å². The number of rotatable bonds is 51. The number of esters is 3. The van der Waals surface area contributed by atoms with Gasteiger partial charge in [-0.1, -0.05) is 243 Å². The van der Waals surface area contributed by atoms with Gasteiger partial charge in [-0.25, -0.2) is 0 Å². The van der Waals surface area contributed by atoms with Gasteiger partial charge >= 0.3 is 17.9 Å². The first-order valence-electron chi connectivity index (χ1n) is 28.1. The summed E-state index contributed by atoms with van der Waals surface area (Å²) in [6.07, 6.45) is 65.4. The van der Waals surface area contributed by atoms with Gasteiger partial charge < -0.3 is 14.2 Å². The van der Waals surface area contributed by atoms with E-state index in [0.29, 0.717) is 19.3 Å². The Morgan fingerprint density at radius 1 is 0.323 bits per heavy atom. The first-order chi connectivity index (χ1) is 32.0. The predicted molar refractivity (Wildman–Crippen MR) is 279 cm³/mol. The topological polar surface area (TPSA) is 78.9 Å². The molecule has 0 radical (unpaired) electrons. The van der Waals surface area contributed by atoms with Crippen molar-refractivity contribution in [3.05, 3.63) is 48.6 Å². The highest BCUT2D eigenvalue weighted by Gasteiger charge is 2.19. The minimum Gasteiger partial charge on any atom is -0.462 e. The van der Waals surface area contributed by atoms with Crippen LogP contribution in [0.4, 0.5) is 0 Å². The molecule has 6 nitrogen and oxygen atoms in total. The molecule has 0 saturated carbocycles. The second-order valence-electron chi connectivity index (χ2n) is 18.8.